The molecule has 3 aliphatic rings. The van der Waals surface area contributed by atoms with Gasteiger partial charge < -0.3 is 34.0 Å². The Kier molecular flexibility index (Phi) is 9.83. The van der Waals surface area contributed by atoms with Crippen molar-refractivity contribution in [3.8, 4) is 17.2 Å². The summed E-state index contributed by atoms with van der Waals surface area (Å²) in [5, 5.41) is 9.41. The second kappa shape index (κ2) is 14.8. The Balaban J connectivity index is 0.000000151. The van der Waals surface area contributed by atoms with E-state index >= 15 is 0 Å². The van der Waals surface area contributed by atoms with Gasteiger partial charge in [0, 0.05) is 60.7 Å². The summed E-state index contributed by atoms with van der Waals surface area (Å²) >= 11 is 0. The predicted octanol–water partition coefficient (Wildman–Crippen LogP) is 6.40. The molecule has 9 rings (SSSR count). The van der Waals surface area contributed by atoms with Crippen LogP contribution >= 0.6 is 0 Å². The summed E-state index contributed by atoms with van der Waals surface area (Å²) < 4.78 is 34.6. The van der Waals surface area contributed by atoms with Crippen molar-refractivity contribution in [3.05, 3.63) is 112 Å². The quantitative estimate of drug-likeness (QED) is 0.198. The number of nitrogens with zero attached hydrogens (tertiary/aromatic N) is 4. The molecule has 1 aliphatic heterocycles. The SMILES string of the molecule is CNC1CCc2c(c3cc(Cc4ccc(F)c(OC)c4)cnc3n2C)C1.CNC1CCc2c(c3cc(Cc4ccc5c(c4)OCCO5)cnc3n2C)C1. The van der Waals surface area contributed by atoms with E-state index in [2.05, 4.69) is 65.2 Å². The number of hydrogen-bond acceptors (Lipinski definition) is 7. The molecule has 0 radical (unpaired) electrons. The highest BCUT2D eigenvalue weighted by Gasteiger charge is 2.26. The lowest BCUT2D eigenvalue weighted by molar-refractivity contribution is 0.171. The summed E-state index contributed by atoms with van der Waals surface area (Å²) in [5.74, 6) is 1.64. The molecule has 0 saturated heterocycles. The molecule has 53 heavy (non-hydrogen) atoms. The van der Waals surface area contributed by atoms with Crippen LogP contribution in [0.2, 0.25) is 0 Å². The molecular weight excluding hydrogens is 668 g/mol. The van der Waals surface area contributed by atoms with E-state index in [1.54, 1.807) is 12.1 Å². The summed E-state index contributed by atoms with van der Waals surface area (Å²) in [6.45, 7) is 1.24. The minimum absolute atomic E-state index is 0.283. The van der Waals surface area contributed by atoms with Gasteiger partial charge in [-0.1, -0.05) is 12.1 Å². The van der Waals surface area contributed by atoms with Gasteiger partial charge in [0.15, 0.2) is 23.1 Å². The fourth-order valence-electron chi connectivity index (χ4n) is 8.53. The molecule has 2 atom stereocenters. The number of nitrogens with one attached hydrogen (secondary N) is 2. The zero-order valence-corrected chi connectivity index (χ0v) is 31.4. The molecule has 0 bridgehead atoms. The third-order valence-corrected chi connectivity index (χ3v) is 11.5. The lowest BCUT2D eigenvalue weighted by atomic mass is 9.91. The second-order valence-electron chi connectivity index (χ2n) is 14.7. The number of pyridine rings is 2. The molecule has 0 saturated carbocycles. The highest BCUT2D eigenvalue weighted by Crippen LogP contribution is 2.35. The maximum atomic E-state index is 13.6. The van der Waals surface area contributed by atoms with Gasteiger partial charge in [-0.2, -0.15) is 0 Å². The molecule has 2 aliphatic carbocycles. The molecule has 2 N–H and O–H groups in total. The summed E-state index contributed by atoms with van der Waals surface area (Å²) in [5.41, 5.74) is 12.5. The lowest BCUT2D eigenvalue weighted by Gasteiger charge is -2.22. The van der Waals surface area contributed by atoms with E-state index in [4.69, 9.17) is 24.2 Å². The van der Waals surface area contributed by atoms with E-state index < -0.39 is 0 Å². The molecule has 9 nitrogen and oxygen atoms in total. The number of hydrogen-bond donors (Lipinski definition) is 2. The Morgan fingerprint density at radius 1 is 0.717 bits per heavy atom. The van der Waals surface area contributed by atoms with Gasteiger partial charge in [-0.15, -0.1) is 0 Å². The van der Waals surface area contributed by atoms with E-state index in [-0.39, 0.29) is 11.6 Å². The zero-order valence-electron chi connectivity index (χ0n) is 31.4. The average Bonchev–Trinajstić information content (AvgIpc) is 3.63. The van der Waals surface area contributed by atoms with E-state index in [9.17, 15) is 4.39 Å². The Labute approximate surface area is 310 Å². The maximum absolute atomic E-state index is 13.6. The van der Waals surface area contributed by atoms with Crippen molar-refractivity contribution in [1.82, 2.24) is 29.7 Å². The molecule has 276 valence electrons. The number of benzene rings is 2. The summed E-state index contributed by atoms with van der Waals surface area (Å²) in [6.07, 6.45) is 12.2. The minimum atomic E-state index is -0.333. The Hall–Kier alpha value is -4.93. The molecule has 4 aromatic heterocycles. The summed E-state index contributed by atoms with van der Waals surface area (Å²) in [6, 6.07) is 16.9. The lowest BCUT2D eigenvalue weighted by Crippen LogP contribution is -2.31. The van der Waals surface area contributed by atoms with Crippen molar-refractivity contribution in [2.45, 2.75) is 63.5 Å². The van der Waals surface area contributed by atoms with Crippen LogP contribution in [0.4, 0.5) is 4.39 Å². The van der Waals surface area contributed by atoms with E-state index in [1.165, 1.54) is 64.0 Å². The van der Waals surface area contributed by atoms with Gasteiger partial charge in [0.2, 0.25) is 0 Å². The monoisotopic (exact) mass is 716 g/mol. The topological polar surface area (TPSA) is 87.4 Å². The minimum Gasteiger partial charge on any atom is -0.494 e. The molecule has 0 fully saturated rings. The van der Waals surface area contributed by atoms with Crippen LogP contribution in [0, 0.1) is 5.82 Å². The van der Waals surface area contributed by atoms with Crippen molar-refractivity contribution < 1.29 is 18.6 Å². The van der Waals surface area contributed by atoms with Crippen LogP contribution < -0.4 is 24.8 Å². The number of aromatic nitrogens is 4. The highest BCUT2D eigenvalue weighted by atomic mass is 19.1. The highest BCUT2D eigenvalue weighted by molar-refractivity contribution is 5.84. The third kappa shape index (κ3) is 6.86. The van der Waals surface area contributed by atoms with Gasteiger partial charge in [-0.25, -0.2) is 14.4 Å². The Bertz CT molecular complexity index is 2290. The fraction of sp³-hybridized carbons (Fsp3) is 0.395. The van der Waals surface area contributed by atoms with Crippen molar-refractivity contribution in [3.63, 3.8) is 0 Å². The first-order chi connectivity index (χ1) is 25.8. The molecule has 0 spiro atoms. The second-order valence-corrected chi connectivity index (χ2v) is 14.7. The number of rotatable bonds is 7. The molecule has 6 aromatic rings. The van der Waals surface area contributed by atoms with Crippen LogP contribution in [-0.2, 0) is 52.6 Å². The summed E-state index contributed by atoms with van der Waals surface area (Å²) in [4.78, 5) is 9.54. The largest absolute Gasteiger partial charge is 0.494 e. The maximum Gasteiger partial charge on any atom is 0.165 e. The number of fused-ring (bicyclic) bond motifs is 7. The standard InChI is InChI=1S/C22H25N3O2.C21H24FN3O/c1-23-16-4-5-19-17(12-16)18-10-15(13-24-22(18)25(19)2)9-14-3-6-20-21(11-14)27-8-7-26-20;1-23-15-5-7-19-16(11-15)17-9-14(12-24-21(17)25(19)2)8-13-4-6-18(22)20(10-13)26-3/h3,6,10-11,13,16,23H,4-5,7-9,12H2,1-2H3;4,6,9-10,12,15,23H,5,7-8,11H2,1-3H3. The predicted molar refractivity (Wildman–Crippen MR) is 207 cm³/mol. The number of halogens is 1. The van der Waals surface area contributed by atoms with Crippen molar-refractivity contribution in [1.29, 1.82) is 0 Å². The van der Waals surface area contributed by atoms with Crippen LogP contribution in [-0.4, -0.2) is 65.6 Å². The number of methoxy groups -OCH3 is 1. The smallest absolute Gasteiger partial charge is 0.165 e. The number of ether oxygens (including phenoxy) is 3. The van der Waals surface area contributed by atoms with E-state index in [1.807, 2.05) is 25.5 Å². The van der Waals surface area contributed by atoms with Crippen LogP contribution in [0.25, 0.3) is 22.1 Å². The zero-order chi connectivity index (χ0) is 36.6. The first-order valence-electron chi connectivity index (χ1n) is 18.8. The Morgan fingerprint density at radius 2 is 1.25 bits per heavy atom. The first kappa shape index (κ1) is 35.1. The van der Waals surface area contributed by atoms with Gasteiger partial charge in [-0.3, -0.25) is 0 Å². The van der Waals surface area contributed by atoms with Crippen molar-refractivity contribution in [2.24, 2.45) is 14.1 Å². The summed E-state index contributed by atoms with van der Waals surface area (Å²) in [7, 11) is 9.84. The van der Waals surface area contributed by atoms with Crippen LogP contribution in [0.5, 0.6) is 17.2 Å². The Morgan fingerprint density at radius 3 is 1.79 bits per heavy atom. The van der Waals surface area contributed by atoms with Crippen molar-refractivity contribution in [2.75, 3.05) is 34.4 Å². The molecule has 0 amide bonds. The third-order valence-electron chi connectivity index (χ3n) is 11.5. The normalized spacial score (nSPS) is 17.6. The van der Waals surface area contributed by atoms with Crippen LogP contribution in [0.3, 0.4) is 0 Å². The van der Waals surface area contributed by atoms with E-state index in [0.717, 1.165) is 72.4 Å². The molecule has 2 unspecified atom stereocenters. The molecular formula is C43H49FN6O3. The van der Waals surface area contributed by atoms with Gasteiger partial charge >= 0.3 is 0 Å². The van der Waals surface area contributed by atoms with Gasteiger partial charge in [0.05, 0.1) is 7.11 Å². The van der Waals surface area contributed by atoms with E-state index in [0.29, 0.717) is 31.7 Å². The van der Waals surface area contributed by atoms with Gasteiger partial charge in [-0.05, 0) is 135 Å². The molecule has 5 heterocycles. The first-order valence-corrected chi connectivity index (χ1v) is 18.8. The van der Waals surface area contributed by atoms with Crippen LogP contribution in [0.1, 0.15) is 57.6 Å². The number of aryl methyl sites for hydroxylation is 2. The average molecular weight is 717 g/mol. The fourth-order valence-corrected chi connectivity index (χ4v) is 8.53. The molecule has 10 heteroatoms. The van der Waals surface area contributed by atoms with Crippen LogP contribution in [0.15, 0.2) is 60.9 Å². The molecule has 2 aromatic carbocycles. The van der Waals surface area contributed by atoms with Crippen molar-refractivity contribution >= 4 is 22.1 Å². The van der Waals surface area contributed by atoms with Gasteiger partial charge in [0.1, 0.15) is 24.5 Å². The van der Waals surface area contributed by atoms with Gasteiger partial charge in [0.25, 0.3) is 0 Å². The number of likely N-dealkylation sites (N-methyl/N-ethyl adjacent to an activating group) is 2.